The number of aromatic nitrogens is 7. The van der Waals surface area contributed by atoms with Crippen molar-refractivity contribution in [2.24, 2.45) is 0 Å². The van der Waals surface area contributed by atoms with E-state index in [1.807, 2.05) is 59.3 Å². The van der Waals surface area contributed by atoms with E-state index in [4.69, 9.17) is 29.8 Å². The van der Waals surface area contributed by atoms with Crippen molar-refractivity contribution in [1.29, 1.82) is 5.26 Å². The third-order valence-corrected chi connectivity index (χ3v) is 12.3. The topological polar surface area (TPSA) is 294 Å². The van der Waals surface area contributed by atoms with E-state index in [1.54, 1.807) is 27.9 Å². The van der Waals surface area contributed by atoms with E-state index in [-0.39, 0.29) is 86.0 Å². The Hall–Kier alpha value is -9.04. The Balaban J connectivity index is 0.684. The number of hydrogen-bond acceptors (Lipinski definition) is 17. The van der Waals surface area contributed by atoms with Gasteiger partial charge in [0.1, 0.15) is 66.0 Å². The fourth-order valence-corrected chi connectivity index (χ4v) is 8.80. The Labute approximate surface area is 416 Å². The van der Waals surface area contributed by atoms with Gasteiger partial charge in [-0.05, 0) is 80.6 Å². The summed E-state index contributed by atoms with van der Waals surface area (Å²) < 4.78 is 25.9. The highest BCUT2D eigenvalue weighted by atomic mass is 16.6. The Morgan fingerprint density at radius 2 is 1.75 bits per heavy atom. The van der Waals surface area contributed by atoms with Gasteiger partial charge in [-0.2, -0.15) is 10.4 Å². The van der Waals surface area contributed by atoms with Crippen LogP contribution in [0.2, 0.25) is 0 Å². The van der Waals surface area contributed by atoms with Gasteiger partial charge in [-0.25, -0.2) is 24.1 Å². The number of likely N-dealkylation sites (tertiary alicyclic amines) is 1. The van der Waals surface area contributed by atoms with Gasteiger partial charge in [0.25, 0.3) is 17.7 Å². The van der Waals surface area contributed by atoms with Crippen molar-refractivity contribution >= 4 is 52.5 Å². The molecule has 2 fully saturated rings. The minimum absolute atomic E-state index is 0.00222. The number of hydrogen-bond donors (Lipinski definition) is 3. The fraction of sp³-hybridized carbons (Fsp3) is 0.320. The molecule has 0 spiro atoms. The molecule has 1 unspecified atom stereocenters. The summed E-state index contributed by atoms with van der Waals surface area (Å²) in [6.45, 7) is 1.46. The number of carbonyl (C=O) groups excluding carboxylic acids is 6. The molecule has 3 aliphatic heterocycles. The predicted molar refractivity (Wildman–Crippen MR) is 257 cm³/mol. The summed E-state index contributed by atoms with van der Waals surface area (Å²) in [4.78, 5) is 87.6. The number of nitrogens with one attached hydrogen (secondary N) is 2. The molecule has 3 aliphatic rings. The minimum atomic E-state index is -1.11. The Morgan fingerprint density at radius 3 is 2.56 bits per heavy atom. The number of carbonyl (C=O) groups is 6. The lowest BCUT2D eigenvalue weighted by Gasteiger charge is -2.32. The molecule has 6 heterocycles. The van der Waals surface area contributed by atoms with Crippen LogP contribution in [-0.2, 0) is 36.8 Å². The van der Waals surface area contributed by atoms with Gasteiger partial charge in [0.15, 0.2) is 5.65 Å². The molecule has 3 aromatic heterocycles. The van der Waals surface area contributed by atoms with Crippen molar-refractivity contribution in [3.05, 3.63) is 114 Å². The van der Waals surface area contributed by atoms with E-state index < -0.39 is 35.8 Å². The summed E-state index contributed by atoms with van der Waals surface area (Å²) in [5.74, 6) is -1.12. The first-order valence-electron chi connectivity index (χ1n) is 23.6. The third kappa shape index (κ3) is 11.1. The van der Waals surface area contributed by atoms with Gasteiger partial charge in [0.05, 0.1) is 54.6 Å². The number of piperidine rings is 2. The molecule has 4 N–H and O–H groups in total. The molecule has 0 saturated carbocycles. The molecule has 2 atom stereocenters. The molecule has 9 rings (SSSR count). The van der Waals surface area contributed by atoms with Crippen LogP contribution in [0.5, 0.6) is 17.2 Å². The monoisotopic (exact) mass is 991 g/mol. The highest BCUT2D eigenvalue weighted by molar-refractivity contribution is 6.24. The van der Waals surface area contributed by atoms with Gasteiger partial charge < -0.3 is 34.9 Å². The van der Waals surface area contributed by atoms with Crippen molar-refractivity contribution in [2.75, 3.05) is 51.8 Å². The van der Waals surface area contributed by atoms with Crippen LogP contribution in [0.3, 0.4) is 0 Å². The van der Waals surface area contributed by atoms with Crippen molar-refractivity contribution in [2.45, 2.75) is 57.2 Å². The zero-order valence-corrected chi connectivity index (χ0v) is 39.3. The number of nitrogens with two attached hydrogens (primary N) is 1. The molecule has 0 aliphatic carbocycles. The Kier molecular flexibility index (Phi) is 15.0. The maximum absolute atomic E-state index is 13.7. The molecule has 3 aromatic carbocycles. The van der Waals surface area contributed by atoms with Crippen LogP contribution < -0.4 is 25.8 Å². The van der Waals surface area contributed by atoms with Crippen LogP contribution in [0, 0.1) is 11.3 Å². The first-order valence-corrected chi connectivity index (χ1v) is 23.6. The first-order chi connectivity index (χ1) is 35.6. The number of alkyl carbamates (subject to hydrolysis) is 1. The molecular formula is C50H49N13O10. The third-order valence-electron chi connectivity index (χ3n) is 12.3. The molecule has 6 amide bonds. The number of imide groups is 2. The second-order valence-electron chi connectivity index (χ2n) is 17.1. The predicted octanol–water partition coefficient (Wildman–Crippen LogP) is 3.93. The van der Waals surface area contributed by atoms with E-state index >= 15 is 0 Å². The van der Waals surface area contributed by atoms with Gasteiger partial charge >= 0.3 is 6.09 Å². The molecule has 73 heavy (non-hydrogen) atoms. The highest BCUT2D eigenvalue weighted by Crippen LogP contribution is 2.36. The van der Waals surface area contributed by atoms with Crippen LogP contribution in [0.25, 0.3) is 22.3 Å². The van der Waals surface area contributed by atoms with Gasteiger partial charge in [-0.3, -0.25) is 34.2 Å². The molecular weight excluding hydrogens is 943 g/mol. The molecule has 23 heteroatoms. The number of nitriles is 1. The lowest BCUT2D eigenvalue weighted by Crippen LogP contribution is -2.54. The number of allylic oxidation sites excluding steroid dienone is 1. The lowest BCUT2D eigenvalue weighted by molar-refractivity contribution is -0.136. The van der Waals surface area contributed by atoms with Crippen LogP contribution in [-0.4, -0.2) is 132 Å². The van der Waals surface area contributed by atoms with Gasteiger partial charge in [-0.15, -0.1) is 5.10 Å². The van der Waals surface area contributed by atoms with Crippen LogP contribution in [0.4, 0.5) is 10.6 Å². The SMILES string of the molecule is N#C/C(=C/CCc1cn(CCOCCOC(=O)NCCOc2cccc3c2C(=O)N(C2CCC(=O)NC2=O)C3=O)nn1)C(=O)N1CCC[C@@H](n2nc(-c3ccc(Oc4ccccc4)cc3)c3c(N)ncnc32)C1. The number of amides is 6. The normalized spacial score (nSPS) is 16.8. The highest BCUT2D eigenvalue weighted by Gasteiger charge is 2.46. The minimum Gasteiger partial charge on any atom is -0.491 e. The number of benzene rings is 3. The van der Waals surface area contributed by atoms with Crippen LogP contribution >= 0.6 is 0 Å². The average molecular weight is 992 g/mol. The van der Waals surface area contributed by atoms with Crippen LogP contribution in [0.15, 0.2) is 97.0 Å². The smallest absolute Gasteiger partial charge is 0.407 e. The van der Waals surface area contributed by atoms with Crippen molar-refractivity contribution in [1.82, 2.24) is 55.2 Å². The number of rotatable bonds is 19. The molecule has 0 bridgehead atoms. The van der Waals surface area contributed by atoms with E-state index in [9.17, 15) is 34.0 Å². The molecule has 2 saturated heterocycles. The van der Waals surface area contributed by atoms with E-state index in [1.165, 1.54) is 18.5 Å². The van der Waals surface area contributed by atoms with Gasteiger partial charge in [0, 0.05) is 31.3 Å². The quantitative estimate of drug-likeness (QED) is 0.0448. The summed E-state index contributed by atoms with van der Waals surface area (Å²) in [5.41, 5.74) is 9.15. The van der Waals surface area contributed by atoms with Gasteiger partial charge in [-0.1, -0.05) is 35.6 Å². The number of aryl methyl sites for hydroxylation is 1. The number of para-hydroxylation sites is 1. The maximum atomic E-state index is 13.7. The van der Waals surface area contributed by atoms with Crippen LogP contribution in [0.1, 0.15) is 64.6 Å². The molecule has 374 valence electrons. The zero-order valence-electron chi connectivity index (χ0n) is 39.3. The average Bonchev–Trinajstić information content (AvgIpc) is 4.10. The lowest BCUT2D eigenvalue weighted by atomic mass is 10.0. The maximum Gasteiger partial charge on any atom is 0.407 e. The van der Waals surface area contributed by atoms with Crippen molar-refractivity contribution in [3.8, 4) is 34.6 Å². The van der Waals surface area contributed by atoms with Crippen molar-refractivity contribution < 1.29 is 47.7 Å². The summed E-state index contributed by atoms with van der Waals surface area (Å²) in [7, 11) is 0. The first kappa shape index (κ1) is 49.0. The van der Waals surface area contributed by atoms with Gasteiger partial charge in [0.2, 0.25) is 11.8 Å². The summed E-state index contributed by atoms with van der Waals surface area (Å²) in [5, 5.41) is 28.7. The standard InChI is InChI=1S/C50H49N13O10/c51-27-32(47(66)60-21-6-9-34(29-60)63-45-42(44(52)54-30-55-45)43(58-63)31-14-16-36(17-15-31)73-35-10-2-1-3-11-35)7-4-8-33-28-61(59-57-33)22-24-70-25-26-72-50(69)53-20-23-71-39-13-5-12-37-41(39)49(68)62(48(37)67)38-18-19-40(64)56-46(38)65/h1-3,5,7,10-17,28,30,34,38H,4,6,8-9,18-26,29H2,(H,53,69)(H2,52,54,55)(H,56,64,65)/b32-7-/t34-,38?/m1/s1. The molecule has 0 radical (unpaired) electrons. The second kappa shape index (κ2) is 22.4. The number of ether oxygens (including phenoxy) is 4. The van der Waals surface area contributed by atoms with Crippen molar-refractivity contribution in [3.63, 3.8) is 0 Å². The number of nitrogens with zero attached hydrogens (tertiary/aromatic N) is 10. The number of anilines is 1. The molecule has 6 aromatic rings. The summed E-state index contributed by atoms with van der Waals surface area (Å²) in [6.07, 6.45) is 6.33. The Morgan fingerprint density at radius 1 is 0.932 bits per heavy atom. The largest absolute Gasteiger partial charge is 0.491 e. The second-order valence-corrected chi connectivity index (χ2v) is 17.1. The number of fused-ring (bicyclic) bond motifs is 2. The summed E-state index contributed by atoms with van der Waals surface area (Å²) >= 11 is 0. The Bertz CT molecular complexity index is 3130. The zero-order chi connectivity index (χ0) is 50.8. The van der Waals surface area contributed by atoms with E-state index in [0.717, 1.165) is 22.6 Å². The molecule has 23 nitrogen and oxygen atoms in total. The van der Waals surface area contributed by atoms with E-state index in [0.29, 0.717) is 67.1 Å². The van der Waals surface area contributed by atoms with E-state index in [2.05, 4.69) is 37.0 Å². The number of nitrogen functional groups attached to an aromatic ring is 1. The fourth-order valence-electron chi connectivity index (χ4n) is 8.80. The summed E-state index contributed by atoms with van der Waals surface area (Å²) in [6, 6.07) is 22.3.